The van der Waals surface area contributed by atoms with Crippen molar-refractivity contribution in [2.24, 2.45) is 0 Å². The van der Waals surface area contributed by atoms with E-state index in [1.54, 1.807) is 7.11 Å². The molecule has 18 heavy (non-hydrogen) atoms. The second kappa shape index (κ2) is 5.67. The molecule has 2 aromatic rings. The van der Waals surface area contributed by atoms with Gasteiger partial charge in [0.2, 0.25) is 0 Å². The molecule has 0 atom stereocenters. The summed E-state index contributed by atoms with van der Waals surface area (Å²) >= 11 is 4.91. The number of carbonyl (C=O) groups is 1. The van der Waals surface area contributed by atoms with Crippen LogP contribution in [0.5, 0.6) is 5.75 Å². The SMILES string of the molecule is COc1ccc(Br)cc1CC(=O)c1sccc1C. The van der Waals surface area contributed by atoms with E-state index in [1.165, 1.54) is 11.3 Å². The van der Waals surface area contributed by atoms with Crippen LogP contribution in [0.4, 0.5) is 0 Å². The van der Waals surface area contributed by atoms with Crippen molar-refractivity contribution in [3.8, 4) is 5.75 Å². The van der Waals surface area contributed by atoms with Gasteiger partial charge in [-0.3, -0.25) is 4.79 Å². The minimum Gasteiger partial charge on any atom is -0.496 e. The second-order valence-electron chi connectivity index (χ2n) is 3.99. The first-order valence-electron chi connectivity index (χ1n) is 5.51. The number of ether oxygens (including phenoxy) is 1. The molecule has 0 amide bonds. The largest absolute Gasteiger partial charge is 0.496 e. The highest BCUT2D eigenvalue weighted by Crippen LogP contribution is 2.26. The Morgan fingerprint density at radius 1 is 1.39 bits per heavy atom. The Hall–Kier alpha value is -1.13. The number of thiophene rings is 1. The molecule has 1 heterocycles. The minimum absolute atomic E-state index is 0.138. The van der Waals surface area contributed by atoms with E-state index in [1.807, 2.05) is 36.6 Å². The van der Waals surface area contributed by atoms with Gasteiger partial charge in [0.25, 0.3) is 0 Å². The standard InChI is InChI=1S/C14H13BrO2S/c1-9-5-6-18-14(9)12(16)8-10-7-11(15)3-4-13(10)17-2/h3-7H,8H2,1-2H3. The zero-order valence-corrected chi connectivity index (χ0v) is 12.6. The molecule has 1 aromatic heterocycles. The molecule has 4 heteroatoms. The van der Waals surface area contributed by atoms with Gasteiger partial charge >= 0.3 is 0 Å². The van der Waals surface area contributed by atoms with Crippen molar-refractivity contribution in [2.45, 2.75) is 13.3 Å². The first-order chi connectivity index (χ1) is 8.61. The summed E-state index contributed by atoms with van der Waals surface area (Å²) in [6.45, 7) is 1.96. The maximum atomic E-state index is 12.2. The molecule has 0 fully saturated rings. The molecule has 0 saturated carbocycles. The van der Waals surface area contributed by atoms with Gasteiger partial charge in [0, 0.05) is 16.5 Å². The van der Waals surface area contributed by atoms with Gasteiger partial charge in [0.15, 0.2) is 5.78 Å². The fourth-order valence-corrected chi connectivity index (χ4v) is 3.07. The lowest BCUT2D eigenvalue weighted by atomic mass is 10.1. The number of aryl methyl sites for hydroxylation is 1. The zero-order valence-electron chi connectivity index (χ0n) is 10.2. The molecule has 2 rings (SSSR count). The lowest BCUT2D eigenvalue weighted by molar-refractivity contribution is 0.0995. The summed E-state index contributed by atoms with van der Waals surface area (Å²) in [6.07, 6.45) is 0.365. The van der Waals surface area contributed by atoms with Crippen LogP contribution in [0.3, 0.4) is 0 Å². The number of hydrogen-bond acceptors (Lipinski definition) is 3. The maximum absolute atomic E-state index is 12.2. The summed E-state index contributed by atoms with van der Waals surface area (Å²) in [7, 11) is 1.62. The van der Waals surface area contributed by atoms with Crippen molar-refractivity contribution in [1.29, 1.82) is 0 Å². The molecule has 2 nitrogen and oxygen atoms in total. The quantitative estimate of drug-likeness (QED) is 0.786. The average molecular weight is 325 g/mol. The molecule has 0 spiro atoms. The van der Waals surface area contributed by atoms with Gasteiger partial charge in [-0.25, -0.2) is 0 Å². The van der Waals surface area contributed by atoms with Gasteiger partial charge in [0.1, 0.15) is 5.75 Å². The molecular weight excluding hydrogens is 312 g/mol. The van der Waals surface area contributed by atoms with Crippen LogP contribution < -0.4 is 4.74 Å². The van der Waals surface area contributed by atoms with Gasteiger partial charge in [-0.2, -0.15) is 0 Å². The van der Waals surface area contributed by atoms with Crippen molar-refractivity contribution < 1.29 is 9.53 Å². The summed E-state index contributed by atoms with van der Waals surface area (Å²) in [5, 5.41) is 1.95. The first-order valence-corrected chi connectivity index (χ1v) is 7.19. The Balaban J connectivity index is 2.27. The highest BCUT2D eigenvalue weighted by Gasteiger charge is 2.14. The Morgan fingerprint density at radius 3 is 2.78 bits per heavy atom. The normalized spacial score (nSPS) is 10.4. The van der Waals surface area contributed by atoms with Gasteiger partial charge in [-0.15, -0.1) is 11.3 Å². The predicted octanol–water partition coefficient (Wildman–Crippen LogP) is 4.25. The number of ketones is 1. The number of Topliss-reactive ketones (excluding diaryl/α,β-unsaturated/α-hetero) is 1. The Labute approximate surface area is 119 Å². The molecule has 0 N–H and O–H groups in total. The molecule has 0 aliphatic rings. The predicted molar refractivity (Wildman–Crippen MR) is 77.8 cm³/mol. The average Bonchev–Trinajstić information content (AvgIpc) is 2.76. The number of methoxy groups -OCH3 is 1. The topological polar surface area (TPSA) is 26.3 Å². The lowest BCUT2D eigenvalue weighted by Crippen LogP contribution is -2.04. The van der Waals surface area contributed by atoms with E-state index in [0.29, 0.717) is 6.42 Å². The number of carbonyl (C=O) groups excluding carboxylic acids is 1. The van der Waals surface area contributed by atoms with Crippen LogP contribution in [-0.4, -0.2) is 12.9 Å². The number of hydrogen-bond donors (Lipinski definition) is 0. The van der Waals surface area contributed by atoms with E-state index >= 15 is 0 Å². The van der Waals surface area contributed by atoms with Crippen LogP contribution in [0.1, 0.15) is 20.8 Å². The van der Waals surface area contributed by atoms with Gasteiger partial charge in [0.05, 0.1) is 12.0 Å². The minimum atomic E-state index is 0.138. The van der Waals surface area contributed by atoms with Crippen LogP contribution >= 0.6 is 27.3 Å². The van der Waals surface area contributed by atoms with Crippen molar-refractivity contribution in [1.82, 2.24) is 0 Å². The van der Waals surface area contributed by atoms with E-state index in [0.717, 1.165) is 26.2 Å². The Bertz CT molecular complexity index is 575. The fourth-order valence-electron chi connectivity index (χ4n) is 1.80. The molecule has 1 aromatic carbocycles. The molecule has 0 aliphatic heterocycles. The van der Waals surface area contributed by atoms with Crippen LogP contribution in [0.25, 0.3) is 0 Å². The highest BCUT2D eigenvalue weighted by molar-refractivity contribution is 9.10. The third-order valence-electron chi connectivity index (χ3n) is 2.71. The molecule has 0 bridgehead atoms. The number of benzene rings is 1. The summed E-state index contributed by atoms with van der Waals surface area (Å²) in [4.78, 5) is 13.0. The van der Waals surface area contributed by atoms with Crippen LogP contribution in [0.15, 0.2) is 34.1 Å². The van der Waals surface area contributed by atoms with Crippen LogP contribution in [-0.2, 0) is 6.42 Å². The number of rotatable bonds is 4. The maximum Gasteiger partial charge on any atom is 0.177 e. The summed E-state index contributed by atoms with van der Waals surface area (Å²) in [5.41, 5.74) is 1.95. The lowest BCUT2D eigenvalue weighted by Gasteiger charge is -2.08. The summed E-state index contributed by atoms with van der Waals surface area (Å²) in [5.74, 6) is 0.889. The van der Waals surface area contributed by atoms with Gasteiger partial charge in [-0.05, 0) is 42.1 Å². The third-order valence-corrected chi connectivity index (χ3v) is 4.26. The van der Waals surface area contributed by atoms with Crippen molar-refractivity contribution >= 4 is 33.0 Å². The Kier molecular flexibility index (Phi) is 4.19. The van der Waals surface area contributed by atoms with Crippen molar-refractivity contribution in [2.75, 3.05) is 7.11 Å². The second-order valence-corrected chi connectivity index (χ2v) is 5.82. The van der Waals surface area contributed by atoms with E-state index in [4.69, 9.17) is 4.74 Å². The third kappa shape index (κ3) is 2.82. The molecule has 0 radical (unpaired) electrons. The molecular formula is C14H13BrO2S. The fraction of sp³-hybridized carbons (Fsp3) is 0.214. The Morgan fingerprint density at radius 2 is 2.17 bits per heavy atom. The molecule has 0 aliphatic carbocycles. The van der Waals surface area contributed by atoms with E-state index in [2.05, 4.69) is 15.9 Å². The summed E-state index contributed by atoms with van der Waals surface area (Å²) < 4.78 is 6.23. The van der Waals surface area contributed by atoms with Crippen molar-refractivity contribution in [3.05, 3.63) is 50.1 Å². The highest BCUT2D eigenvalue weighted by atomic mass is 79.9. The van der Waals surface area contributed by atoms with E-state index in [9.17, 15) is 4.79 Å². The number of halogens is 1. The van der Waals surface area contributed by atoms with Gasteiger partial charge < -0.3 is 4.74 Å². The van der Waals surface area contributed by atoms with E-state index in [-0.39, 0.29) is 5.78 Å². The zero-order chi connectivity index (χ0) is 13.1. The van der Waals surface area contributed by atoms with Crippen LogP contribution in [0, 0.1) is 6.92 Å². The first kappa shape index (κ1) is 13.3. The van der Waals surface area contributed by atoms with Crippen molar-refractivity contribution in [3.63, 3.8) is 0 Å². The van der Waals surface area contributed by atoms with Gasteiger partial charge in [-0.1, -0.05) is 15.9 Å². The van der Waals surface area contributed by atoms with E-state index < -0.39 is 0 Å². The summed E-state index contributed by atoms with van der Waals surface area (Å²) in [6, 6.07) is 7.67. The molecule has 0 unspecified atom stereocenters. The molecule has 0 saturated heterocycles. The van der Waals surface area contributed by atoms with Crippen LogP contribution in [0.2, 0.25) is 0 Å². The smallest absolute Gasteiger partial charge is 0.177 e. The molecule has 94 valence electrons. The monoisotopic (exact) mass is 324 g/mol.